The maximum absolute atomic E-state index is 12.6. The summed E-state index contributed by atoms with van der Waals surface area (Å²) < 4.78 is 9.48. The van der Waals surface area contributed by atoms with Crippen LogP contribution in [-0.4, -0.2) is 43.4 Å². The molecule has 2 bridgehead atoms. The Bertz CT molecular complexity index is 1360. The minimum atomic E-state index is -0.724. The molecule has 1 fully saturated rings. The zero-order valence-corrected chi connectivity index (χ0v) is 18.9. The molecule has 5 heterocycles. The zero-order valence-electron chi connectivity index (χ0n) is 18.9. The first kappa shape index (κ1) is 22.1. The second kappa shape index (κ2) is 8.60. The molecule has 5 rings (SSSR count). The fourth-order valence-corrected chi connectivity index (χ4v) is 5.40. The topological polar surface area (TPSA) is 137 Å². The molecule has 3 N–H and O–H groups in total. The second-order valence-corrected chi connectivity index (χ2v) is 9.35. The van der Waals surface area contributed by atoms with Crippen LogP contribution in [0.15, 0.2) is 50.7 Å². The van der Waals surface area contributed by atoms with Gasteiger partial charge >= 0.3 is 0 Å². The van der Waals surface area contributed by atoms with Crippen molar-refractivity contribution in [1.29, 1.82) is 0 Å². The first-order valence-corrected chi connectivity index (χ1v) is 11.3. The summed E-state index contributed by atoms with van der Waals surface area (Å²) >= 11 is 0. The predicted molar refractivity (Wildman–Crippen MR) is 122 cm³/mol. The fraction of sp³-hybridized carbons (Fsp3) is 0.417. The lowest BCUT2D eigenvalue weighted by Gasteiger charge is -2.42. The molecular weight excluding hydrogens is 438 g/mol. The molecule has 3 aromatic heterocycles. The Morgan fingerprint density at radius 1 is 1.29 bits per heavy atom. The molecule has 178 valence electrons. The maximum Gasteiger partial charge on any atom is 0.250 e. The van der Waals surface area contributed by atoms with Gasteiger partial charge < -0.3 is 19.8 Å². The average Bonchev–Trinajstić information content (AvgIpc) is 3.21. The van der Waals surface area contributed by atoms with Gasteiger partial charge in [0, 0.05) is 68.6 Å². The van der Waals surface area contributed by atoms with Crippen LogP contribution in [-0.2, 0) is 24.9 Å². The van der Waals surface area contributed by atoms with E-state index in [1.807, 2.05) is 10.6 Å². The van der Waals surface area contributed by atoms with Gasteiger partial charge in [0.1, 0.15) is 5.76 Å². The molecule has 1 saturated heterocycles. The van der Waals surface area contributed by atoms with E-state index in [0.717, 1.165) is 25.2 Å². The average molecular weight is 466 g/mol. The van der Waals surface area contributed by atoms with Crippen LogP contribution in [0.3, 0.4) is 0 Å². The number of aromatic hydroxyl groups is 1. The number of pyridine rings is 1. The largest absolute Gasteiger partial charge is 0.502 e. The van der Waals surface area contributed by atoms with Gasteiger partial charge in [0.15, 0.2) is 5.76 Å². The number of primary amides is 1. The standard InChI is InChI=1S/C24H27N5O5/c1-27-11-16(8-26-27)18(7-21(25)31)24-23(33)20(30)6-17(34-24)13-28-9-14-5-15(12-28)19-3-2-4-22(32)29(19)10-14/h2-4,6,8,11,14-15,18,33H,5,7,9-10,12-13H2,1H3,(H2,25,31)/t14-,15+,18?/m1/s1. The van der Waals surface area contributed by atoms with Gasteiger partial charge in [0.2, 0.25) is 17.1 Å². The number of piperidine rings is 1. The van der Waals surface area contributed by atoms with Gasteiger partial charge in [-0.2, -0.15) is 5.10 Å². The van der Waals surface area contributed by atoms with Crippen LogP contribution in [0.25, 0.3) is 0 Å². The van der Waals surface area contributed by atoms with E-state index >= 15 is 0 Å². The molecule has 10 nitrogen and oxygen atoms in total. The van der Waals surface area contributed by atoms with Crippen molar-refractivity contribution in [3.63, 3.8) is 0 Å². The Balaban J connectivity index is 1.44. The number of nitrogens with two attached hydrogens (primary N) is 1. The summed E-state index contributed by atoms with van der Waals surface area (Å²) in [5.74, 6) is -0.861. The molecule has 0 radical (unpaired) electrons. The smallest absolute Gasteiger partial charge is 0.250 e. The Labute approximate surface area is 195 Å². The molecule has 2 aliphatic heterocycles. The quantitative estimate of drug-likeness (QED) is 0.551. The van der Waals surface area contributed by atoms with Crippen LogP contribution in [0, 0.1) is 5.92 Å². The van der Waals surface area contributed by atoms with Crippen LogP contribution in [0.5, 0.6) is 5.75 Å². The third-order valence-corrected chi connectivity index (χ3v) is 6.78. The van der Waals surface area contributed by atoms with E-state index < -0.39 is 23.0 Å². The molecule has 0 aromatic carbocycles. The number of hydrogen-bond acceptors (Lipinski definition) is 7. The van der Waals surface area contributed by atoms with Gasteiger partial charge in [-0.05, 0) is 18.4 Å². The van der Waals surface area contributed by atoms with Crippen molar-refractivity contribution in [3.8, 4) is 5.75 Å². The van der Waals surface area contributed by atoms with Crippen LogP contribution in [0.1, 0.15) is 47.5 Å². The molecule has 2 aliphatic rings. The van der Waals surface area contributed by atoms with Crippen molar-refractivity contribution in [2.75, 3.05) is 13.1 Å². The lowest BCUT2D eigenvalue weighted by Crippen LogP contribution is -2.46. The Hall–Kier alpha value is -3.66. The normalized spacial score (nSPS) is 20.6. The minimum absolute atomic E-state index is 0.0170. The van der Waals surface area contributed by atoms with Crippen molar-refractivity contribution < 1.29 is 14.3 Å². The molecule has 10 heteroatoms. The van der Waals surface area contributed by atoms with Gasteiger partial charge in [0.25, 0.3) is 5.56 Å². The molecular formula is C24H27N5O5. The number of likely N-dealkylation sites (tertiary alicyclic amines) is 1. The summed E-state index contributed by atoms with van der Waals surface area (Å²) in [7, 11) is 1.73. The Morgan fingerprint density at radius 2 is 2.12 bits per heavy atom. The highest BCUT2D eigenvalue weighted by molar-refractivity contribution is 5.75. The number of hydrogen-bond donors (Lipinski definition) is 2. The van der Waals surface area contributed by atoms with Gasteiger partial charge in [-0.25, -0.2) is 0 Å². The summed E-state index contributed by atoms with van der Waals surface area (Å²) in [6.07, 6.45) is 4.15. The number of aryl methyl sites for hydroxylation is 1. The molecule has 1 amide bonds. The van der Waals surface area contributed by atoms with E-state index in [-0.39, 0.29) is 23.7 Å². The second-order valence-electron chi connectivity index (χ2n) is 9.35. The molecule has 34 heavy (non-hydrogen) atoms. The van der Waals surface area contributed by atoms with Crippen LogP contribution in [0.2, 0.25) is 0 Å². The SMILES string of the molecule is Cn1cc(C(CC(N)=O)c2oc(CN3C[C@H]4C[C@@H](C3)c3cccc(=O)n3C4)cc(=O)c2O)cn1. The minimum Gasteiger partial charge on any atom is -0.502 e. The first-order chi connectivity index (χ1) is 16.3. The summed E-state index contributed by atoms with van der Waals surface area (Å²) in [4.78, 5) is 38.9. The lowest BCUT2D eigenvalue weighted by molar-refractivity contribution is -0.118. The Kier molecular flexibility index (Phi) is 5.60. The third-order valence-electron chi connectivity index (χ3n) is 6.78. The molecule has 3 atom stereocenters. The van der Waals surface area contributed by atoms with Gasteiger partial charge in [0.05, 0.1) is 18.7 Å². The summed E-state index contributed by atoms with van der Waals surface area (Å²) in [6.45, 7) is 2.55. The highest BCUT2D eigenvalue weighted by atomic mass is 16.4. The fourth-order valence-electron chi connectivity index (χ4n) is 5.40. The number of fused-ring (bicyclic) bond motifs is 4. The first-order valence-electron chi connectivity index (χ1n) is 11.3. The highest BCUT2D eigenvalue weighted by Crippen LogP contribution is 2.36. The van der Waals surface area contributed by atoms with Crippen molar-refractivity contribution in [1.82, 2.24) is 19.2 Å². The zero-order chi connectivity index (χ0) is 24.0. The van der Waals surface area contributed by atoms with E-state index in [2.05, 4.69) is 10.00 Å². The van der Waals surface area contributed by atoms with Gasteiger partial charge in [-0.1, -0.05) is 6.07 Å². The Morgan fingerprint density at radius 3 is 2.85 bits per heavy atom. The van der Waals surface area contributed by atoms with E-state index in [4.69, 9.17) is 10.2 Å². The lowest BCUT2D eigenvalue weighted by atomic mass is 9.83. The monoisotopic (exact) mass is 465 g/mol. The van der Waals surface area contributed by atoms with Crippen molar-refractivity contribution in [3.05, 3.63) is 80.0 Å². The molecule has 3 aromatic rings. The predicted octanol–water partition coefficient (Wildman–Crippen LogP) is 0.867. The maximum atomic E-state index is 12.6. The van der Waals surface area contributed by atoms with Crippen LogP contribution >= 0.6 is 0 Å². The van der Waals surface area contributed by atoms with Crippen molar-refractivity contribution >= 4 is 5.91 Å². The van der Waals surface area contributed by atoms with Crippen molar-refractivity contribution in [2.45, 2.75) is 37.8 Å². The number of nitrogens with zero attached hydrogens (tertiary/aromatic N) is 4. The van der Waals surface area contributed by atoms with E-state index in [1.54, 1.807) is 36.3 Å². The molecule has 0 aliphatic carbocycles. The summed E-state index contributed by atoms with van der Waals surface area (Å²) in [6, 6.07) is 6.70. The number of carbonyl (C=O) groups excluding carboxylic acids is 1. The van der Waals surface area contributed by atoms with E-state index in [0.29, 0.717) is 30.3 Å². The molecule has 1 unspecified atom stereocenters. The van der Waals surface area contributed by atoms with Gasteiger partial charge in [-0.15, -0.1) is 0 Å². The summed E-state index contributed by atoms with van der Waals surface area (Å²) in [5.41, 5.74) is 6.58. The van der Waals surface area contributed by atoms with Gasteiger partial charge in [-0.3, -0.25) is 24.0 Å². The number of carbonyl (C=O) groups is 1. The van der Waals surface area contributed by atoms with Crippen LogP contribution < -0.4 is 16.7 Å². The number of aromatic nitrogens is 3. The molecule has 0 spiro atoms. The number of rotatable bonds is 6. The van der Waals surface area contributed by atoms with E-state index in [1.165, 1.54) is 6.07 Å². The molecule has 0 saturated carbocycles. The van der Waals surface area contributed by atoms with Crippen molar-refractivity contribution in [2.24, 2.45) is 18.7 Å². The van der Waals surface area contributed by atoms with Crippen LogP contribution in [0.4, 0.5) is 0 Å². The summed E-state index contributed by atoms with van der Waals surface area (Å²) in [5, 5.41) is 14.6. The highest BCUT2D eigenvalue weighted by Gasteiger charge is 2.35. The van der Waals surface area contributed by atoms with E-state index in [9.17, 15) is 19.5 Å². The third kappa shape index (κ3) is 4.16. The number of amides is 1.